The van der Waals surface area contributed by atoms with Crippen molar-refractivity contribution in [3.05, 3.63) is 65.2 Å². The van der Waals surface area contributed by atoms with E-state index in [1.807, 2.05) is 6.92 Å². The van der Waals surface area contributed by atoms with Crippen molar-refractivity contribution in [3.8, 4) is 0 Å². The number of sulfone groups is 1. The van der Waals surface area contributed by atoms with Crippen LogP contribution in [0.4, 0.5) is 0 Å². The second-order valence-corrected chi connectivity index (χ2v) is 9.67. The Balaban J connectivity index is 1.74. The van der Waals surface area contributed by atoms with Crippen molar-refractivity contribution in [2.75, 3.05) is 5.75 Å². The zero-order chi connectivity index (χ0) is 17.5. The highest BCUT2D eigenvalue weighted by Crippen LogP contribution is 2.59. The number of carbonyl (C=O) groups is 1. The summed E-state index contributed by atoms with van der Waals surface area (Å²) in [5, 5.41) is 0. The molecule has 6 heteroatoms. The summed E-state index contributed by atoms with van der Waals surface area (Å²) >= 11 is 12.1. The molecule has 1 atom stereocenters. The fourth-order valence-corrected chi connectivity index (χ4v) is 4.35. The fourth-order valence-electron chi connectivity index (χ4n) is 2.56. The summed E-state index contributed by atoms with van der Waals surface area (Å²) in [6.07, 6.45) is 0.686. The van der Waals surface area contributed by atoms with Crippen LogP contribution < -0.4 is 0 Å². The first kappa shape index (κ1) is 17.5. The van der Waals surface area contributed by atoms with Crippen LogP contribution >= 0.6 is 23.2 Å². The van der Waals surface area contributed by atoms with Gasteiger partial charge in [-0.1, -0.05) is 42.0 Å². The van der Waals surface area contributed by atoms with Crippen molar-refractivity contribution in [1.82, 2.24) is 0 Å². The van der Waals surface area contributed by atoms with Gasteiger partial charge in [-0.3, -0.25) is 4.79 Å². The molecule has 0 spiro atoms. The number of Topliss-reactive ketones (excluding diaryl/α,β-unsaturated/α-hetero) is 1. The lowest BCUT2D eigenvalue weighted by Crippen LogP contribution is -2.16. The van der Waals surface area contributed by atoms with Gasteiger partial charge in [-0.15, -0.1) is 23.2 Å². The lowest BCUT2D eigenvalue weighted by molar-refractivity contribution is 0.102. The number of benzene rings is 2. The summed E-state index contributed by atoms with van der Waals surface area (Å²) in [5.74, 6) is -0.907. The van der Waals surface area contributed by atoms with Gasteiger partial charge in [0.1, 0.15) is 10.1 Å². The summed E-state index contributed by atoms with van der Waals surface area (Å²) in [6.45, 7) is 1.87. The number of hydrogen-bond donors (Lipinski definition) is 0. The first-order valence-electron chi connectivity index (χ1n) is 7.49. The number of carbonyl (C=O) groups excluding carboxylic acids is 1. The fraction of sp³-hybridized carbons (Fsp3) is 0.278. The minimum absolute atomic E-state index is 0.0706. The largest absolute Gasteiger partial charge is 0.293 e. The molecule has 1 aliphatic rings. The predicted octanol–water partition coefficient (Wildman–Crippen LogP) is 4.31. The van der Waals surface area contributed by atoms with E-state index in [4.69, 9.17) is 23.2 Å². The van der Waals surface area contributed by atoms with E-state index >= 15 is 0 Å². The molecule has 24 heavy (non-hydrogen) atoms. The molecule has 2 aromatic carbocycles. The van der Waals surface area contributed by atoms with Crippen molar-refractivity contribution >= 4 is 38.8 Å². The maximum absolute atomic E-state index is 12.3. The SMILES string of the molecule is Cc1ccc(S(=O)(=O)CC(=O)c2ccc(C3CC3(Cl)Cl)cc2)cc1. The average Bonchev–Trinajstić information content (AvgIpc) is 3.16. The third kappa shape index (κ3) is 3.66. The van der Waals surface area contributed by atoms with Gasteiger partial charge in [0.15, 0.2) is 15.6 Å². The molecule has 1 aliphatic carbocycles. The second kappa shape index (κ2) is 6.17. The normalized spacial score (nSPS) is 19.0. The van der Waals surface area contributed by atoms with Crippen LogP contribution in [0.5, 0.6) is 0 Å². The lowest BCUT2D eigenvalue weighted by atomic mass is 10.1. The molecular weight excluding hydrogens is 367 g/mol. The van der Waals surface area contributed by atoms with Gasteiger partial charge in [-0.2, -0.15) is 0 Å². The number of rotatable bonds is 5. The maximum atomic E-state index is 12.3. The lowest BCUT2D eigenvalue weighted by Gasteiger charge is -2.06. The van der Waals surface area contributed by atoms with E-state index in [1.165, 1.54) is 12.1 Å². The molecule has 1 fully saturated rings. The van der Waals surface area contributed by atoms with Crippen LogP contribution in [0.2, 0.25) is 0 Å². The zero-order valence-electron chi connectivity index (χ0n) is 13.0. The van der Waals surface area contributed by atoms with E-state index in [0.29, 0.717) is 12.0 Å². The molecule has 0 bridgehead atoms. The molecule has 2 aromatic rings. The Labute approximate surface area is 151 Å². The Bertz CT molecular complexity index is 869. The summed E-state index contributed by atoms with van der Waals surface area (Å²) in [7, 11) is -3.65. The smallest absolute Gasteiger partial charge is 0.185 e. The zero-order valence-corrected chi connectivity index (χ0v) is 15.3. The van der Waals surface area contributed by atoms with Gasteiger partial charge in [0.2, 0.25) is 0 Å². The molecule has 1 unspecified atom stereocenters. The van der Waals surface area contributed by atoms with Crippen LogP contribution in [-0.4, -0.2) is 24.3 Å². The summed E-state index contributed by atoms with van der Waals surface area (Å²) in [5.41, 5.74) is 2.29. The summed E-state index contributed by atoms with van der Waals surface area (Å²) in [6, 6.07) is 13.3. The van der Waals surface area contributed by atoms with Gasteiger partial charge in [-0.25, -0.2) is 8.42 Å². The van der Waals surface area contributed by atoms with Crippen LogP contribution in [0, 0.1) is 6.92 Å². The Morgan fingerprint density at radius 2 is 1.62 bits per heavy atom. The Morgan fingerprint density at radius 3 is 2.12 bits per heavy atom. The van der Waals surface area contributed by atoms with Crippen molar-refractivity contribution in [2.45, 2.75) is 28.5 Å². The first-order valence-corrected chi connectivity index (χ1v) is 9.90. The Morgan fingerprint density at radius 1 is 1.08 bits per heavy atom. The quantitative estimate of drug-likeness (QED) is 0.571. The first-order chi connectivity index (χ1) is 11.2. The van der Waals surface area contributed by atoms with Crippen LogP contribution in [-0.2, 0) is 9.84 Å². The molecule has 1 saturated carbocycles. The van der Waals surface area contributed by atoms with Gasteiger partial charge < -0.3 is 0 Å². The molecule has 0 amide bonds. The van der Waals surface area contributed by atoms with E-state index in [1.54, 1.807) is 36.4 Å². The highest BCUT2D eigenvalue weighted by molar-refractivity contribution is 7.92. The second-order valence-electron chi connectivity index (χ2n) is 6.14. The minimum atomic E-state index is -3.65. The maximum Gasteiger partial charge on any atom is 0.185 e. The topological polar surface area (TPSA) is 51.2 Å². The van der Waals surface area contributed by atoms with Gasteiger partial charge in [0.05, 0.1) is 4.90 Å². The van der Waals surface area contributed by atoms with E-state index < -0.39 is 25.7 Å². The molecular formula is C18H16Cl2O3S. The van der Waals surface area contributed by atoms with Gasteiger partial charge in [0.25, 0.3) is 0 Å². The molecule has 3 rings (SSSR count). The molecule has 0 N–H and O–H groups in total. The van der Waals surface area contributed by atoms with Gasteiger partial charge >= 0.3 is 0 Å². The van der Waals surface area contributed by atoms with Crippen molar-refractivity contribution in [2.24, 2.45) is 0 Å². The van der Waals surface area contributed by atoms with Crippen LogP contribution in [0.15, 0.2) is 53.4 Å². The van der Waals surface area contributed by atoms with Crippen LogP contribution in [0.3, 0.4) is 0 Å². The molecule has 126 valence electrons. The van der Waals surface area contributed by atoms with Crippen molar-refractivity contribution in [1.29, 1.82) is 0 Å². The average molecular weight is 383 g/mol. The van der Waals surface area contributed by atoms with E-state index in [0.717, 1.165) is 11.1 Å². The highest BCUT2D eigenvalue weighted by atomic mass is 35.5. The standard InChI is InChI=1S/C18H16Cl2O3S/c1-12-2-8-15(9-3-12)24(22,23)11-17(21)14-6-4-13(5-7-14)16-10-18(16,19)20/h2-9,16H,10-11H2,1H3. The van der Waals surface area contributed by atoms with Crippen molar-refractivity contribution < 1.29 is 13.2 Å². The number of aryl methyl sites for hydroxylation is 1. The minimum Gasteiger partial charge on any atom is -0.293 e. The Kier molecular flexibility index (Phi) is 4.49. The number of ketones is 1. The number of hydrogen-bond acceptors (Lipinski definition) is 3. The van der Waals surface area contributed by atoms with Gasteiger partial charge in [0, 0.05) is 11.5 Å². The van der Waals surface area contributed by atoms with E-state index in [2.05, 4.69) is 0 Å². The molecule has 0 aliphatic heterocycles. The summed E-state index contributed by atoms with van der Waals surface area (Å²) in [4.78, 5) is 12.5. The summed E-state index contributed by atoms with van der Waals surface area (Å²) < 4.78 is 24.0. The molecule has 0 aromatic heterocycles. The van der Waals surface area contributed by atoms with E-state index in [-0.39, 0.29) is 10.8 Å². The van der Waals surface area contributed by atoms with E-state index in [9.17, 15) is 13.2 Å². The Hall–Kier alpha value is -1.36. The van der Waals surface area contributed by atoms with Crippen LogP contribution in [0.1, 0.15) is 33.8 Å². The van der Waals surface area contributed by atoms with Gasteiger partial charge in [-0.05, 0) is 31.0 Å². The molecule has 3 nitrogen and oxygen atoms in total. The predicted molar refractivity (Wildman–Crippen MR) is 95.8 cm³/mol. The highest BCUT2D eigenvalue weighted by Gasteiger charge is 2.52. The monoisotopic (exact) mass is 382 g/mol. The third-order valence-electron chi connectivity index (χ3n) is 4.16. The molecule has 0 saturated heterocycles. The van der Waals surface area contributed by atoms with Crippen LogP contribution in [0.25, 0.3) is 0 Å². The number of halogens is 2. The molecule has 0 radical (unpaired) electrons. The number of alkyl halides is 2. The molecule has 0 heterocycles. The third-order valence-corrected chi connectivity index (χ3v) is 6.63. The van der Waals surface area contributed by atoms with Crippen molar-refractivity contribution in [3.63, 3.8) is 0 Å².